The second-order valence-corrected chi connectivity index (χ2v) is 8.61. The van der Waals surface area contributed by atoms with E-state index in [0.717, 1.165) is 51.6 Å². The first kappa shape index (κ1) is 23.2. The molecule has 1 N–H and O–H groups in total. The van der Waals surface area contributed by atoms with Gasteiger partial charge >= 0.3 is 0 Å². The Bertz CT molecular complexity index is 458. The zero-order valence-corrected chi connectivity index (χ0v) is 19.8. The van der Waals surface area contributed by atoms with Crippen LogP contribution in [0.4, 0.5) is 0 Å². The van der Waals surface area contributed by atoms with E-state index in [2.05, 4.69) is 17.1 Å². The summed E-state index contributed by atoms with van der Waals surface area (Å²) in [5, 5.41) is 3.56. The Morgan fingerprint density at radius 2 is 1.70 bits per heavy atom. The highest BCUT2D eigenvalue weighted by Crippen LogP contribution is 2.42. The van der Waals surface area contributed by atoms with Crippen LogP contribution in [0.5, 0.6) is 0 Å². The van der Waals surface area contributed by atoms with E-state index in [1.165, 1.54) is 57.9 Å². The summed E-state index contributed by atoms with van der Waals surface area (Å²) in [5.74, 6) is 1.10. The average molecular weight is 493 g/mol. The highest BCUT2D eigenvalue weighted by molar-refractivity contribution is 14.0. The smallest absolute Gasteiger partial charge is 0.194 e. The van der Waals surface area contributed by atoms with Crippen molar-refractivity contribution in [3.8, 4) is 0 Å². The molecule has 3 aliphatic rings. The van der Waals surface area contributed by atoms with Crippen LogP contribution in [0.3, 0.4) is 0 Å². The van der Waals surface area contributed by atoms with Gasteiger partial charge in [-0.05, 0) is 38.0 Å². The van der Waals surface area contributed by atoms with Crippen LogP contribution in [0.25, 0.3) is 0 Å². The molecule has 2 heterocycles. The Morgan fingerprint density at radius 3 is 2.33 bits per heavy atom. The molecule has 0 atom stereocenters. The normalized spacial score (nSPS) is 25.6. The second kappa shape index (κ2) is 11.2. The summed E-state index contributed by atoms with van der Waals surface area (Å²) < 4.78 is 11.4. The van der Waals surface area contributed by atoms with Gasteiger partial charge in [-0.15, -0.1) is 24.0 Å². The highest BCUT2D eigenvalue weighted by Gasteiger charge is 2.37. The number of nitrogens with zero attached hydrogens (tertiary/aromatic N) is 2. The van der Waals surface area contributed by atoms with E-state index < -0.39 is 0 Å². The van der Waals surface area contributed by atoms with Gasteiger partial charge in [0.25, 0.3) is 0 Å². The third kappa shape index (κ3) is 6.20. The molecule has 27 heavy (non-hydrogen) atoms. The van der Waals surface area contributed by atoms with Crippen molar-refractivity contribution in [2.45, 2.75) is 76.7 Å². The lowest BCUT2D eigenvalue weighted by atomic mass is 9.74. The number of halogens is 1. The molecule has 0 aromatic heterocycles. The van der Waals surface area contributed by atoms with E-state index in [1.54, 1.807) is 0 Å². The monoisotopic (exact) mass is 493 g/mol. The summed E-state index contributed by atoms with van der Waals surface area (Å²) in [4.78, 5) is 7.60. The first-order chi connectivity index (χ1) is 12.7. The molecule has 6 heteroatoms. The number of ether oxygens (including phenoxy) is 2. The largest absolute Gasteiger partial charge is 0.381 e. The standard InChI is InChI=1S/C21H39N3O2.HI/c1-3-22-19(23-17-21(25-2)12-15-26-16-13-21)24-14-8-11-20(18-24)9-6-4-5-7-10-20;/h3-18H2,1-2H3,(H,22,23);1H. The zero-order valence-electron chi connectivity index (χ0n) is 17.4. The van der Waals surface area contributed by atoms with Crippen LogP contribution in [0.1, 0.15) is 71.1 Å². The lowest BCUT2D eigenvalue weighted by molar-refractivity contribution is -0.0830. The minimum Gasteiger partial charge on any atom is -0.381 e. The minimum absolute atomic E-state index is 0. The fraction of sp³-hybridized carbons (Fsp3) is 0.952. The van der Waals surface area contributed by atoms with Crippen molar-refractivity contribution in [3.05, 3.63) is 0 Å². The molecule has 3 fully saturated rings. The van der Waals surface area contributed by atoms with Gasteiger partial charge in [-0.25, -0.2) is 0 Å². The molecule has 3 rings (SSSR count). The molecular weight excluding hydrogens is 453 g/mol. The predicted molar refractivity (Wildman–Crippen MR) is 122 cm³/mol. The first-order valence-electron chi connectivity index (χ1n) is 10.9. The molecule has 1 saturated carbocycles. The molecule has 2 aliphatic heterocycles. The summed E-state index contributed by atoms with van der Waals surface area (Å²) in [6.45, 7) is 7.71. The van der Waals surface area contributed by atoms with Gasteiger partial charge in [-0.3, -0.25) is 4.99 Å². The van der Waals surface area contributed by atoms with Crippen molar-refractivity contribution < 1.29 is 9.47 Å². The Hall–Kier alpha value is -0.0800. The number of methoxy groups -OCH3 is 1. The maximum absolute atomic E-state index is 5.89. The third-order valence-corrected chi connectivity index (χ3v) is 6.81. The number of nitrogens with one attached hydrogen (secondary N) is 1. The number of aliphatic imine (C=N–C) groups is 1. The molecule has 2 saturated heterocycles. The molecule has 1 spiro atoms. The topological polar surface area (TPSA) is 46.1 Å². The second-order valence-electron chi connectivity index (χ2n) is 8.61. The van der Waals surface area contributed by atoms with Gasteiger partial charge in [-0.1, -0.05) is 25.7 Å². The van der Waals surface area contributed by atoms with Gasteiger partial charge in [0.05, 0.1) is 12.1 Å². The van der Waals surface area contributed by atoms with Crippen molar-refractivity contribution in [3.63, 3.8) is 0 Å². The van der Waals surface area contributed by atoms with Crippen LogP contribution in [-0.4, -0.2) is 63.0 Å². The number of hydrogen-bond acceptors (Lipinski definition) is 3. The van der Waals surface area contributed by atoms with E-state index in [4.69, 9.17) is 14.5 Å². The molecule has 1 aliphatic carbocycles. The van der Waals surface area contributed by atoms with Crippen molar-refractivity contribution in [1.82, 2.24) is 10.2 Å². The van der Waals surface area contributed by atoms with Crippen molar-refractivity contribution in [2.24, 2.45) is 10.4 Å². The Balaban J connectivity index is 0.00000261. The highest BCUT2D eigenvalue weighted by atomic mass is 127. The lowest BCUT2D eigenvalue weighted by Crippen LogP contribution is -2.51. The van der Waals surface area contributed by atoms with Crippen molar-refractivity contribution in [2.75, 3.05) is 46.5 Å². The summed E-state index contributed by atoms with van der Waals surface area (Å²) in [6, 6.07) is 0. The molecule has 0 radical (unpaired) electrons. The van der Waals surface area contributed by atoms with E-state index >= 15 is 0 Å². The Labute approximate surface area is 183 Å². The van der Waals surface area contributed by atoms with Crippen LogP contribution >= 0.6 is 24.0 Å². The fourth-order valence-electron chi connectivity index (χ4n) is 5.09. The van der Waals surface area contributed by atoms with E-state index in [0.29, 0.717) is 5.41 Å². The SMILES string of the molecule is CCNC(=NCC1(OC)CCOCC1)N1CCCC2(CCCCCC2)C1.I. The molecule has 0 aromatic rings. The van der Waals surface area contributed by atoms with Gasteiger partial charge in [0, 0.05) is 52.8 Å². The molecule has 5 nitrogen and oxygen atoms in total. The Kier molecular flexibility index (Phi) is 9.62. The van der Waals surface area contributed by atoms with Gasteiger partial charge in [0.15, 0.2) is 5.96 Å². The number of rotatable bonds is 4. The molecule has 0 bridgehead atoms. The van der Waals surface area contributed by atoms with Gasteiger partial charge < -0.3 is 19.7 Å². The molecular formula is C21H40IN3O2. The maximum atomic E-state index is 5.89. The number of hydrogen-bond donors (Lipinski definition) is 1. The van der Waals surface area contributed by atoms with Crippen LogP contribution in [0.2, 0.25) is 0 Å². The summed E-state index contributed by atoms with van der Waals surface area (Å²) in [6.07, 6.45) is 13.1. The zero-order chi connectivity index (χ0) is 18.3. The van der Waals surface area contributed by atoms with Crippen molar-refractivity contribution in [1.29, 1.82) is 0 Å². The van der Waals surface area contributed by atoms with Crippen LogP contribution in [0.15, 0.2) is 4.99 Å². The minimum atomic E-state index is -0.144. The summed E-state index contributed by atoms with van der Waals surface area (Å²) in [7, 11) is 1.83. The van der Waals surface area contributed by atoms with Gasteiger partial charge in [-0.2, -0.15) is 0 Å². The Morgan fingerprint density at radius 1 is 1.04 bits per heavy atom. The number of guanidine groups is 1. The van der Waals surface area contributed by atoms with Crippen LogP contribution in [0, 0.1) is 5.41 Å². The maximum Gasteiger partial charge on any atom is 0.194 e. The predicted octanol–water partition coefficient (Wildman–Crippen LogP) is 4.20. The van der Waals surface area contributed by atoms with Gasteiger partial charge in [0.1, 0.15) is 0 Å². The molecule has 0 amide bonds. The fourth-order valence-corrected chi connectivity index (χ4v) is 5.09. The van der Waals surface area contributed by atoms with Crippen molar-refractivity contribution >= 4 is 29.9 Å². The van der Waals surface area contributed by atoms with Crippen LogP contribution < -0.4 is 5.32 Å². The van der Waals surface area contributed by atoms with E-state index in [-0.39, 0.29) is 29.6 Å². The molecule has 158 valence electrons. The first-order valence-corrected chi connectivity index (χ1v) is 10.9. The van der Waals surface area contributed by atoms with E-state index in [9.17, 15) is 0 Å². The van der Waals surface area contributed by atoms with E-state index in [1.807, 2.05) is 7.11 Å². The number of piperidine rings is 1. The van der Waals surface area contributed by atoms with Gasteiger partial charge in [0.2, 0.25) is 0 Å². The summed E-state index contributed by atoms with van der Waals surface area (Å²) in [5.41, 5.74) is 0.386. The molecule has 0 aromatic carbocycles. The third-order valence-electron chi connectivity index (χ3n) is 6.81. The molecule has 0 unspecified atom stereocenters. The number of likely N-dealkylation sites (tertiary alicyclic amines) is 1. The average Bonchev–Trinajstić information content (AvgIpc) is 2.91. The lowest BCUT2D eigenvalue weighted by Gasteiger charge is -2.44. The van der Waals surface area contributed by atoms with Crippen LogP contribution in [-0.2, 0) is 9.47 Å². The quantitative estimate of drug-likeness (QED) is 0.362. The summed E-state index contributed by atoms with van der Waals surface area (Å²) >= 11 is 0.